The highest BCUT2D eigenvalue weighted by molar-refractivity contribution is 7.99. The fourth-order valence-corrected chi connectivity index (χ4v) is 3.80. The van der Waals surface area contributed by atoms with Crippen LogP contribution in [-0.2, 0) is 0 Å². The fourth-order valence-electron chi connectivity index (χ4n) is 2.84. The molecule has 1 aliphatic rings. The van der Waals surface area contributed by atoms with Crippen LogP contribution in [0.15, 0.2) is 58.3 Å². The van der Waals surface area contributed by atoms with E-state index in [-0.39, 0.29) is 0 Å². The van der Waals surface area contributed by atoms with Gasteiger partial charge in [0, 0.05) is 35.0 Å². The van der Waals surface area contributed by atoms with Gasteiger partial charge in [0.2, 0.25) is 0 Å². The average molecular weight is 327 g/mol. The second kappa shape index (κ2) is 7.28. The van der Waals surface area contributed by atoms with Crippen molar-refractivity contribution in [2.45, 2.75) is 35.7 Å². The van der Waals surface area contributed by atoms with Crippen LogP contribution in [0.5, 0.6) is 5.75 Å². The minimum atomic E-state index is 0.394. The minimum absolute atomic E-state index is 0.394. The molecule has 1 heterocycles. The average Bonchev–Trinajstić information content (AvgIpc) is 2.58. The number of rotatable bonds is 4. The first-order valence-corrected chi connectivity index (χ1v) is 8.83. The van der Waals surface area contributed by atoms with E-state index in [0.29, 0.717) is 12.1 Å². The molecule has 0 spiro atoms. The first-order chi connectivity index (χ1) is 11.2. The largest absolute Gasteiger partial charge is 0.497 e. The van der Waals surface area contributed by atoms with Gasteiger partial charge in [-0.15, -0.1) is 0 Å². The van der Waals surface area contributed by atoms with E-state index < -0.39 is 0 Å². The quantitative estimate of drug-likeness (QED) is 0.847. The van der Waals surface area contributed by atoms with Crippen LogP contribution in [0.1, 0.15) is 13.8 Å². The van der Waals surface area contributed by atoms with Crippen molar-refractivity contribution < 1.29 is 4.74 Å². The molecule has 0 aliphatic carbocycles. The molecule has 2 atom stereocenters. The molecule has 1 fully saturated rings. The smallest absolute Gasteiger partial charge is 0.118 e. The van der Waals surface area contributed by atoms with E-state index >= 15 is 0 Å². The fraction of sp³-hybridized carbons (Fsp3) is 0.368. The number of ether oxygens (including phenoxy) is 1. The molecule has 3 rings (SSSR count). The summed E-state index contributed by atoms with van der Waals surface area (Å²) in [6, 6.07) is 17.7. The minimum Gasteiger partial charge on any atom is -0.497 e. The summed E-state index contributed by atoms with van der Waals surface area (Å²) in [5.41, 5.74) is 1.31. The van der Waals surface area contributed by atoms with E-state index in [9.17, 15) is 0 Å². The van der Waals surface area contributed by atoms with Crippen LogP contribution >= 0.6 is 11.8 Å². The topological polar surface area (TPSA) is 26.6 Å². The predicted octanol–water partition coefficient (Wildman–Crippen LogP) is 4.05. The lowest BCUT2D eigenvalue weighted by molar-refractivity contribution is 0.414. The predicted molar refractivity (Wildman–Crippen MR) is 96.8 cm³/mol. The van der Waals surface area contributed by atoms with Crippen molar-refractivity contribution in [2.75, 3.05) is 25.1 Å². The lowest BCUT2D eigenvalue weighted by Crippen LogP contribution is -2.51. The molecule has 1 aliphatic heterocycles. The van der Waals surface area contributed by atoms with Crippen molar-refractivity contribution in [2.24, 2.45) is 0 Å². The third kappa shape index (κ3) is 3.82. The highest BCUT2D eigenvalue weighted by Gasteiger charge is 2.25. The SMILES string of the molecule is COc1ccc(Sc2ccccc2N2C[C@@H](C)[N]C[C@@H]2C)cc1. The highest BCUT2D eigenvalue weighted by Crippen LogP contribution is 2.37. The number of benzene rings is 2. The molecule has 121 valence electrons. The van der Waals surface area contributed by atoms with E-state index in [4.69, 9.17) is 4.74 Å². The number of hydrogen-bond acceptors (Lipinski definition) is 3. The summed E-state index contributed by atoms with van der Waals surface area (Å²) in [4.78, 5) is 5.00. The summed E-state index contributed by atoms with van der Waals surface area (Å²) in [5.74, 6) is 0.891. The number of hydrogen-bond donors (Lipinski definition) is 0. The van der Waals surface area contributed by atoms with E-state index in [1.165, 1.54) is 15.5 Å². The van der Waals surface area contributed by atoms with Crippen molar-refractivity contribution in [3.63, 3.8) is 0 Å². The van der Waals surface area contributed by atoms with Gasteiger partial charge in [-0.05, 0) is 50.2 Å². The maximum atomic E-state index is 5.24. The molecule has 23 heavy (non-hydrogen) atoms. The van der Waals surface area contributed by atoms with Crippen molar-refractivity contribution in [1.82, 2.24) is 5.32 Å². The summed E-state index contributed by atoms with van der Waals surface area (Å²) in [5, 5.41) is 4.66. The monoisotopic (exact) mass is 327 g/mol. The van der Waals surface area contributed by atoms with Crippen molar-refractivity contribution in [3.05, 3.63) is 48.5 Å². The first kappa shape index (κ1) is 16.2. The molecule has 2 aromatic rings. The maximum absolute atomic E-state index is 5.24. The third-order valence-corrected chi connectivity index (χ3v) is 5.21. The molecule has 3 nitrogen and oxygen atoms in total. The van der Waals surface area contributed by atoms with Gasteiger partial charge in [-0.3, -0.25) is 0 Å². The van der Waals surface area contributed by atoms with Gasteiger partial charge in [0.15, 0.2) is 0 Å². The van der Waals surface area contributed by atoms with Crippen molar-refractivity contribution in [3.8, 4) is 5.75 Å². The number of nitrogens with zero attached hydrogens (tertiary/aromatic N) is 2. The Bertz CT molecular complexity index is 644. The molecule has 1 radical (unpaired) electrons. The highest BCUT2D eigenvalue weighted by atomic mass is 32.2. The zero-order valence-corrected chi connectivity index (χ0v) is 14.7. The number of piperazine rings is 1. The van der Waals surface area contributed by atoms with E-state index in [0.717, 1.165) is 18.8 Å². The molecular formula is C19H23N2OS. The maximum Gasteiger partial charge on any atom is 0.118 e. The van der Waals surface area contributed by atoms with Gasteiger partial charge in [0.05, 0.1) is 12.8 Å². The van der Waals surface area contributed by atoms with Gasteiger partial charge < -0.3 is 9.64 Å². The van der Waals surface area contributed by atoms with E-state index in [2.05, 4.69) is 60.5 Å². The number of anilines is 1. The molecule has 2 aromatic carbocycles. The van der Waals surface area contributed by atoms with Gasteiger partial charge in [0.1, 0.15) is 5.75 Å². The molecule has 1 saturated heterocycles. The normalized spacial score (nSPS) is 21.3. The van der Waals surface area contributed by atoms with Gasteiger partial charge in [-0.1, -0.05) is 23.9 Å². The number of para-hydroxylation sites is 1. The standard InChI is InChI=1S/C19H23N2OS/c1-14-13-21(15(2)12-20-14)18-6-4-5-7-19(18)23-17-10-8-16(22-3)9-11-17/h4-11,14-15H,12-13H2,1-3H3/t14-,15+/m1/s1. The Balaban J connectivity index is 1.85. The molecule has 0 unspecified atom stereocenters. The third-order valence-electron chi connectivity index (χ3n) is 4.14. The Hall–Kier alpha value is -1.65. The van der Waals surface area contributed by atoms with Crippen LogP contribution in [0.2, 0.25) is 0 Å². The lowest BCUT2D eigenvalue weighted by Gasteiger charge is -2.39. The first-order valence-electron chi connectivity index (χ1n) is 8.01. The van der Waals surface area contributed by atoms with Crippen molar-refractivity contribution >= 4 is 17.4 Å². The second-order valence-corrected chi connectivity index (χ2v) is 7.08. The van der Waals surface area contributed by atoms with Crippen LogP contribution in [-0.4, -0.2) is 32.3 Å². The van der Waals surface area contributed by atoms with Crippen LogP contribution < -0.4 is 15.0 Å². The molecule has 0 bridgehead atoms. The number of methoxy groups -OCH3 is 1. The Labute approximate surface area is 143 Å². The Morgan fingerprint density at radius 3 is 2.57 bits per heavy atom. The Morgan fingerprint density at radius 1 is 1.09 bits per heavy atom. The molecule has 0 saturated carbocycles. The van der Waals surface area contributed by atoms with Gasteiger partial charge >= 0.3 is 0 Å². The zero-order valence-electron chi connectivity index (χ0n) is 13.9. The summed E-state index contributed by atoms with van der Waals surface area (Å²) < 4.78 is 5.24. The summed E-state index contributed by atoms with van der Waals surface area (Å²) in [6.07, 6.45) is 0. The van der Waals surface area contributed by atoms with E-state index in [1.807, 2.05) is 12.1 Å². The molecule has 0 aromatic heterocycles. The van der Waals surface area contributed by atoms with Crippen LogP contribution in [0, 0.1) is 0 Å². The van der Waals surface area contributed by atoms with Crippen LogP contribution in [0.4, 0.5) is 5.69 Å². The molecule has 0 N–H and O–H groups in total. The second-order valence-electron chi connectivity index (χ2n) is 5.96. The van der Waals surface area contributed by atoms with Gasteiger partial charge in [0.25, 0.3) is 0 Å². The zero-order chi connectivity index (χ0) is 16.2. The molecule has 0 amide bonds. The van der Waals surface area contributed by atoms with E-state index in [1.54, 1.807) is 18.9 Å². The Kier molecular flexibility index (Phi) is 5.13. The van der Waals surface area contributed by atoms with Gasteiger partial charge in [-0.2, -0.15) is 0 Å². The lowest BCUT2D eigenvalue weighted by atomic mass is 10.1. The van der Waals surface area contributed by atoms with Gasteiger partial charge in [-0.25, -0.2) is 5.32 Å². The summed E-state index contributed by atoms with van der Waals surface area (Å²) in [6.45, 7) is 6.34. The summed E-state index contributed by atoms with van der Waals surface area (Å²) >= 11 is 1.80. The Morgan fingerprint density at radius 2 is 1.83 bits per heavy atom. The van der Waals surface area contributed by atoms with Crippen molar-refractivity contribution in [1.29, 1.82) is 0 Å². The van der Waals surface area contributed by atoms with Crippen LogP contribution in [0.25, 0.3) is 0 Å². The summed E-state index contributed by atoms with van der Waals surface area (Å²) in [7, 11) is 1.70. The molecular weight excluding hydrogens is 304 g/mol. The molecule has 4 heteroatoms. The van der Waals surface area contributed by atoms with Crippen LogP contribution in [0.3, 0.4) is 0 Å².